The molecule has 0 saturated carbocycles. The van der Waals surface area contributed by atoms with Gasteiger partial charge in [-0.2, -0.15) is 0 Å². The van der Waals surface area contributed by atoms with Crippen LogP contribution in [0.25, 0.3) is 0 Å². The van der Waals surface area contributed by atoms with Gasteiger partial charge in [0.25, 0.3) is 0 Å². The van der Waals surface area contributed by atoms with E-state index in [4.69, 9.17) is 9.47 Å². The zero-order valence-electron chi connectivity index (χ0n) is 24.9. The molecule has 9 heteroatoms. The molecule has 0 saturated heterocycles. The van der Waals surface area contributed by atoms with Crippen molar-refractivity contribution >= 4 is 12.2 Å². The van der Waals surface area contributed by atoms with Gasteiger partial charge < -0.3 is 35.6 Å². The monoisotopic (exact) mass is 557 g/mol. The Morgan fingerprint density at radius 3 is 1.68 bits per heavy atom. The number of hydrogen-bond donors (Lipinski definition) is 5. The second-order valence-corrected chi connectivity index (χ2v) is 12.4. The van der Waals surface area contributed by atoms with Crippen molar-refractivity contribution in [1.29, 1.82) is 0 Å². The molecule has 2 amide bonds. The van der Waals surface area contributed by atoms with Gasteiger partial charge in [-0.1, -0.05) is 60.7 Å². The molecule has 0 aliphatic carbocycles. The van der Waals surface area contributed by atoms with Crippen LogP contribution in [0.3, 0.4) is 0 Å². The molecule has 0 spiro atoms. The number of carbonyl (C=O) groups excluding carboxylic acids is 2. The molecule has 2 aromatic carbocycles. The van der Waals surface area contributed by atoms with E-state index in [0.717, 1.165) is 11.1 Å². The molecule has 222 valence electrons. The summed E-state index contributed by atoms with van der Waals surface area (Å²) >= 11 is 0. The predicted molar refractivity (Wildman–Crippen MR) is 156 cm³/mol. The number of carbonyl (C=O) groups is 2. The minimum absolute atomic E-state index is 0.0574. The van der Waals surface area contributed by atoms with Crippen LogP contribution in [0.15, 0.2) is 60.7 Å². The summed E-state index contributed by atoms with van der Waals surface area (Å²) in [6.45, 7) is 12.4. The number of nitrogens with one attached hydrogen (secondary N) is 3. The van der Waals surface area contributed by atoms with E-state index in [1.54, 1.807) is 48.5 Å². The van der Waals surface area contributed by atoms with E-state index in [1.807, 2.05) is 60.7 Å². The van der Waals surface area contributed by atoms with E-state index in [1.165, 1.54) is 0 Å². The average Bonchev–Trinajstić information content (AvgIpc) is 2.82. The van der Waals surface area contributed by atoms with Crippen molar-refractivity contribution in [2.45, 2.75) is 96.3 Å². The highest BCUT2D eigenvalue weighted by Crippen LogP contribution is 2.17. The number of aliphatic hydroxyl groups excluding tert-OH is 1. The van der Waals surface area contributed by atoms with E-state index >= 15 is 0 Å². The van der Waals surface area contributed by atoms with Crippen LogP contribution in [0.1, 0.15) is 59.6 Å². The average molecular weight is 558 g/mol. The molecular formula is C31H47N3O6. The zero-order chi connectivity index (χ0) is 30.0. The largest absolute Gasteiger partial charge is 0.444 e. The first kappa shape index (κ1) is 33.1. The Bertz CT molecular complexity index is 1050. The molecular weight excluding hydrogens is 510 g/mol. The molecule has 0 aromatic heterocycles. The maximum absolute atomic E-state index is 12.6. The highest BCUT2D eigenvalue weighted by molar-refractivity contribution is 5.68. The summed E-state index contributed by atoms with van der Waals surface area (Å²) in [6, 6.07) is 17.7. The first-order valence-corrected chi connectivity index (χ1v) is 13.7. The van der Waals surface area contributed by atoms with Crippen molar-refractivity contribution < 1.29 is 29.3 Å². The fourth-order valence-electron chi connectivity index (χ4n) is 4.07. The summed E-state index contributed by atoms with van der Waals surface area (Å²) in [6.07, 6.45) is -1.48. The molecule has 9 nitrogen and oxygen atoms in total. The zero-order valence-corrected chi connectivity index (χ0v) is 24.9. The Balaban J connectivity index is 2.09. The third-order valence-corrected chi connectivity index (χ3v) is 6.03. The Morgan fingerprint density at radius 1 is 0.750 bits per heavy atom. The van der Waals surface area contributed by atoms with E-state index in [-0.39, 0.29) is 13.1 Å². The van der Waals surface area contributed by atoms with Crippen LogP contribution in [0.4, 0.5) is 9.59 Å². The number of ether oxygens (including phenoxy) is 2. The van der Waals surface area contributed by atoms with Crippen molar-refractivity contribution in [2.75, 3.05) is 13.1 Å². The molecule has 0 heterocycles. The quantitative estimate of drug-likeness (QED) is 0.267. The van der Waals surface area contributed by atoms with Crippen LogP contribution < -0.4 is 16.0 Å². The van der Waals surface area contributed by atoms with Crippen molar-refractivity contribution in [2.24, 2.45) is 0 Å². The number of hydrogen-bond acceptors (Lipinski definition) is 7. The van der Waals surface area contributed by atoms with Gasteiger partial charge in [0.05, 0.1) is 23.8 Å². The van der Waals surface area contributed by atoms with Gasteiger partial charge in [-0.15, -0.1) is 0 Å². The molecule has 1 unspecified atom stereocenters. The predicted octanol–water partition coefficient (Wildman–Crippen LogP) is 3.96. The third-order valence-electron chi connectivity index (χ3n) is 6.03. The number of rotatable bonds is 12. The second kappa shape index (κ2) is 14.5. The summed E-state index contributed by atoms with van der Waals surface area (Å²) in [7, 11) is 0. The van der Waals surface area contributed by atoms with Crippen molar-refractivity contribution in [3.63, 3.8) is 0 Å². The van der Waals surface area contributed by atoms with Crippen molar-refractivity contribution in [3.05, 3.63) is 71.8 Å². The van der Waals surface area contributed by atoms with Gasteiger partial charge in [0.2, 0.25) is 0 Å². The highest BCUT2D eigenvalue weighted by atomic mass is 16.6. The number of alkyl carbamates (subject to hydrolysis) is 2. The fourth-order valence-corrected chi connectivity index (χ4v) is 4.07. The fraction of sp³-hybridized carbons (Fsp3) is 0.548. The normalized spacial score (nSPS) is 15.7. The molecule has 0 aliphatic rings. The van der Waals surface area contributed by atoms with Crippen LogP contribution in [0, 0.1) is 0 Å². The lowest BCUT2D eigenvalue weighted by atomic mass is 9.90. The summed E-state index contributed by atoms with van der Waals surface area (Å²) in [5, 5.41) is 31.2. The number of amides is 2. The second-order valence-electron chi connectivity index (χ2n) is 12.4. The lowest BCUT2D eigenvalue weighted by Crippen LogP contribution is -2.58. The third kappa shape index (κ3) is 12.8. The van der Waals surface area contributed by atoms with Crippen LogP contribution in [0.2, 0.25) is 0 Å². The van der Waals surface area contributed by atoms with E-state index in [2.05, 4.69) is 16.0 Å². The van der Waals surface area contributed by atoms with Gasteiger partial charge in [-0.25, -0.2) is 9.59 Å². The van der Waals surface area contributed by atoms with Gasteiger partial charge in [0.1, 0.15) is 11.2 Å². The Hall–Kier alpha value is -3.14. The number of benzene rings is 2. The standard InChI is InChI=1S/C31H47N3O6/c1-29(2,3)39-27(36)33-24(18-22-14-10-8-11-15-22)25(35)20-32-21-31(7,38)26(19-23-16-12-9-13-17-23)34-28(37)40-30(4,5)6/h8-17,24-26,32,35,38H,18-21H2,1-7H3,(H,33,36)(H,34,37)/t24-,25+,26-,31?/m0/s1. The molecule has 0 fully saturated rings. The van der Waals surface area contributed by atoms with Gasteiger partial charge in [-0.3, -0.25) is 0 Å². The SMILES string of the molecule is CC(C)(C)OC(=O)N[C@@H](Cc1ccccc1)[C@H](O)CNCC(C)(O)[C@H](Cc1ccccc1)NC(=O)OC(C)(C)C. The molecule has 0 radical (unpaired) electrons. The summed E-state index contributed by atoms with van der Waals surface area (Å²) < 4.78 is 10.8. The molecule has 2 rings (SSSR count). The minimum atomic E-state index is -1.40. The van der Waals surface area contributed by atoms with Crippen LogP contribution >= 0.6 is 0 Å². The Kier molecular flexibility index (Phi) is 12.0. The van der Waals surface area contributed by atoms with Crippen LogP contribution in [0.5, 0.6) is 0 Å². The van der Waals surface area contributed by atoms with Gasteiger partial charge in [0, 0.05) is 13.1 Å². The van der Waals surface area contributed by atoms with Crippen molar-refractivity contribution in [1.82, 2.24) is 16.0 Å². The lowest BCUT2D eigenvalue weighted by molar-refractivity contribution is 0.00341. The molecule has 2 aromatic rings. The number of aliphatic hydroxyl groups is 2. The topological polar surface area (TPSA) is 129 Å². The molecule has 0 bridgehead atoms. The van der Waals surface area contributed by atoms with Crippen molar-refractivity contribution in [3.8, 4) is 0 Å². The smallest absolute Gasteiger partial charge is 0.407 e. The van der Waals surface area contributed by atoms with Crippen LogP contribution in [-0.2, 0) is 22.3 Å². The molecule has 5 N–H and O–H groups in total. The molecule has 4 atom stereocenters. The Morgan fingerprint density at radius 2 is 1.20 bits per heavy atom. The molecule has 40 heavy (non-hydrogen) atoms. The summed E-state index contributed by atoms with van der Waals surface area (Å²) in [5.74, 6) is 0. The summed E-state index contributed by atoms with van der Waals surface area (Å²) in [5.41, 5.74) is -0.893. The van der Waals surface area contributed by atoms with E-state index in [0.29, 0.717) is 12.8 Å². The van der Waals surface area contributed by atoms with Gasteiger partial charge in [-0.05, 0) is 72.4 Å². The first-order chi connectivity index (χ1) is 18.5. The minimum Gasteiger partial charge on any atom is -0.444 e. The van der Waals surface area contributed by atoms with E-state index in [9.17, 15) is 19.8 Å². The Labute approximate surface area is 238 Å². The molecule has 0 aliphatic heterocycles. The van der Waals surface area contributed by atoms with Gasteiger partial charge >= 0.3 is 12.2 Å². The van der Waals surface area contributed by atoms with Crippen LogP contribution in [-0.4, -0.2) is 70.5 Å². The highest BCUT2D eigenvalue weighted by Gasteiger charge is 2.35. The van der Waals surface area contributed by atoms with E-state index < -0.39 is 47.2 Å². The summed E-state index contributed by atoms with van der Waals surface area (Å²) in [4.78, 5) is 25.1. The van der Waals surface area contributed by atoms with Gasteiger partial charge in [0.15, 0.2) is 0 Å². The lowest BCUT2D eigenvalue weighted by Gasteiger charge is -2.35. The maximum Gasteiger partial charge on any atom is 0.407 e. The first-order valence-electron chi connectivity index (χ1n) is 13.7. The maximum atomic E-state index is 12.6.